The summed E-state index contributed by atoms with van der Waals surface area (Å²) in [4.78, 5) is 17.0. The third-order valence-corrected chi connectivity index (χ3v) is 4.92. The molecule has 0 aliphatic heterocycles. The number of fused-ring (bicyclic) bond motifs is 1. The molecule has 26 heavy (non-hydrogen) atoms. The first-order valence-corrected chi connectivity index (χ1v) is 9.08. The number of amides is 1. The molecule has 0 spiro atoms. The van der Waals surface area contributed by atoms with Gasteiger partial charge in [-0.2, -0.15) is 14.0 Å². The van der Waals surface area contributed by atoms with Crippen molar-refractivity contribution in [1.29, 1.82) is 5.26 Å². The second-order valence-electron chi connectivity index (χ2n) is 5.06. The number of anilines is 1. The van der Waals surface area contributed by atoms with Crippen LogP contribution in [0.3, 0.4) is 0 Å². The maximum absolute atomic E-state index is 12.5. The standard InChI is InChI=1S/C18H11F2N3OS2/c19-17(20)25-13-6-7-14-15(9-13)26-18(22-14)23-16(24)12(10-21)8-11-4-2-1-3-5-11/h1-9,17H,(H,22,23,24)/b12-8+. The minimum absolute atomic E-state index is 0.0515. The average Bonchev–Trinajstić information content (AvgIpc) is 3.01. The first-order chi connectivity index (χ1) is 12.5. The summed E-state index contributed by atoms with van der Waals surface area (Å²) in [5, 5.41) is 12.1. The van der Waals surface area contributed by atoms with E-state index in [9.17, 15) is 18.8 Å². The summed E-state index contributed by atoms with van der Waals surface area (Å²) >= 11 is 1.62. The highest BCUT2D eigenvalue weighted by atomic mass is 32.2. The summed E-state index contributed by atoms with van der Waals surface area (Å²) in [6.07, 6.45) is 1.49. The summed E-state index contributed by atoms with van der Waals surface area (Å²) in [6, 6.07) is 15.7. The Kier molecular flexibility index (Phi) is 5.61. The molecule has 1 N–H and O–H groups in total. The van der Waals surface area contributed by atoms with Gasteiger partial charge in [-0.1, -0.05) is 53.4 Å². The summed E-state index contributed by atoms with van der Waals surface area (Å²) in [7, 11) is 0. The Morgan fingerprint density at radius 3 is 2.73 bits per heavy atom. The lowest BCUT2D eigenvalue weighted by Crippen LogP contribution is -2.13. The topological polar surface area (TPSA) is 65.8 Å². The van der Waals surface area contributed by atoms with Crippen molar-refractivity contribution in [2.24, 2.45) is 0 Å². The van der Waals surface area contributed by atoms with Crippen LogP contribution in [-0.2, 0) is 4.79 Å². The number of nitrogens with zero attached hydrogens (tertiary/aromatic N) is 2. The highest BCUT2D eigenvalue weighted by Gasteiger charge is 2.13. The lowest BCUT2D eigenvalue weighted by Gasteiger charge is -1.99. The van der Waals surface area contributed by atoms with Gasteiger partial charge in [0.15, 0.2) is 5.13 Å². The van der Waals surface area contributed by atoms with E-state index in [1.54, 1.807) is 42.5 Å². The zero-order chi connectivity index (χ0) is 18.5. The Morgan fingerprint density at radius 1 is 1.27 bits per heavy atom. The molecular formula is C18H11F2N3OS2. The van der Waals surface area contributed by atoms with Crippen molar-refractivity contribution in [2.75, 3.05) is 5.32 Å². The summed E-state index contributed by atoms with van der Waals surface area (Å²) in [5.41, 5.74) is 1.27. The van der Waals surface area contributed by atoms with Crippen molar-refractivity contribution in [1.82, 2.24) is 4.98 Å². The second kappa shape index (κ2) is 8.08. The fourth-order valence-electron chi connectivity index (χ4n) is 2.16. The van der Waals surface area contributed by atoms with Crippen LogP contribution in [-0.4, -0.2) is 16.6 Å². The van der Waals surface area contributed by atoms with Crippen LogP contribution in [0.4, 0.5) is 13.9 Å². The van der Waals surface area contributed by atoms with Gasteiger partial charge >= 0.3 is 0 Å². The molecule has 0 saturated heterocycles. The Morgan fingerprint density at radius 2 is 2.04 bits per heavy atom. The first kappa shape index (κ1) is 18.0. The van der Waals surface area contributed by atoms with E-state index in [4.69, 9.17) is 0 Å². The number of alkyl halides is 2. The van der Waals surface area contributed by atoms with Crippen molar-refractivity contribution < 1.29 is 13.6 Å². The highest BCUT2D eigenvalue weighted by Crippen LogP contribution is 2.32. The summed E-state index contributed by atoms with van der Waals surface area (Å²) in [6.45, 7) is 0. The van der Waals surface area contributed by atoms with E-state index in [0.717, 1.165) is 16.9 Å². The van der Waals surface area contributed by atoms with Crippen LogP contribution in [0.5, 0.6) is 0 Å². The molecule has 0 aliphatic carbocycles. The number of carbonyl (C=O) groups is 1. The number of hydrogen-bond donors (Lipinski definition) is 1. The molecule has 0 aliphatic rings. The molecule has 2 aromatic carbocycles. The van der Waals surface area contributed by atoms with Gasteiger partial charge in [-0.3, -0.25) is 10.1 Å². The molecule has 1 heterocycles. The third-order valence-electron chi connectivity index (χ3n) is 3.28. The fraction of sp³-hybridized carbons (Fsp3) is 0.0556. The molecule has 0 radical (unpaired) electrons. The predicted octanol–water partition coefficient (Wildman–Crippen LogP) is 5.16. The predicted molar refractivity (Wildman–Crippen MR) is 100 cm³/mol. The number of hydrogen-bond acceptors (Lipinski definition) is 5. The Balaban J connectivity index is 1.80. The zero-order valence-electron chi connectivity index (χ0n) is 13.1. The number of thioether (sulfide) groups is 1. The molecule has 0 fully saturated rings. The number of aromatic nitrogens is 1. The van der Waals surface area contributed by atoms with Gasteiger partial charge in [0, 0.05) is 4.90 Å². The Labute approximate surface area is 156 Å². The average molecular weight is 387 g/mol. The van der Waals surface area contributed by atoms with E-state index < -0.39 is 11.7 Å². The normalized spacial score (nSPS) is 11.5. The van der Waals surface area contributed by atoms with Crippen molar-refractivity contribution in [3.8, 4) is 6.07 Å². The van der Waals surface area contributed by atoms with Crippen LogP contribution in [0.15, 0.2) is 59.0 Å². The van der Waals surface area contributed by atoms with Crippen LogP contribution in [0.1, 0.15) is 5.56 Å². The number of benzene rings is 2. The van der Waals surface area contributed by atoms with E-state index in [-0.39, 0.29) is 5.57 Å². The number of halogens is 2. The Bertz CT molecular complexity index is 1010. The van der Waals surface area contributed by atoms with Crippen molar-refractivity contribution in [2.45, 2.75) is 10.7 Å². The molecule has 0 bridgehead atoms. The number of rotatable bonds is 5. The second-order valence-corrected chi connectivity index (χ2v) is 7.16. The van der Waals surface area contributed by atoms with Crippen molar-refractivity contribution >= 4 is 50.4 Å². The van der Waals surface area contributed by atoms with Crippen molar-refractivity contribution in [3.63, 3.8) is 0 Å². The number of nitrogens with one attached hydrogen (secondary N) is 1. The number of nitriles is 1. The smallest absolute Gasteiger partial charge is 0.288 e. The monoisotopic (exact) mass is 387 g/mol. The van der Waals surface area contributed by atoms with Crippen LogP contribution in [0, 0.1) is 11.3 Å². The summed E-state index contributed by atoms with van der Waals surface area (Å²) in [5.74, 6) is -3.07. The van der Waals surface area contributed by atoms with Gasteiger partial charge in [-0.15, -0.1) is 0 Å². The third kappa shape index (κ3) is 4.45. The molecular weight excluding hydrogens is 376 g/mol. The van der Waals surface area contributed by atoms with Crippen LogP contribution >= 0.6 is 23.1 Å². The minimum atomic E-state index is -2.50. The van der Waals surface area contributed by atoms with Gasteiger partial charge < -0.3 is 0 Å². The minimum Gasteiger partial charge on any atom is -0.297 e. The SMILES string of the molecule is N#C/C(=C\c1ccccc1)C(=O)Nc1nc2ccc(SC(F)F)cc2s1. The maximum Gasteiger partial charge on any atom is 0.288 e. The molecule has 0 unspecified atom stereocenters. The van der Waals surface area contributed by atoms with Crippen molar-refractivity contribution in [3.05, 3.63) is 59.7 Å². The lowest BCUT2D eigenvalue weighted by molar-refractivity contribution is -0.112. The quantitative estimate of drug-likeness (QED) is 0.373. The van der Waals surface area contributed by atoms with Gasteiger partial charge in [-0.05, 0) is 29.8 Å². The van der Waals surface area contributed by atoms with Gasteiger partial charge in [0.25, 0.3) is 11.7 Å². The molecule has 130 valence electrons. The molecule has 8 heteroatoms. The van der Waals surface area contributed by atoms with E-state index >= 15 is 0 Å². The van der Waals surface area contributed by atoms with Gasteiger partial charge in [0.05, 0.1) is 10.2 Å². The molecule has 4 nitrogen and oxygen atoms in total. The molecule has 1 amide bonds. The molecule has 0 saturated carbocycles. The Hall–Kier alpha value is -2.76. The van der Waals surface area contributed by atoms with Gasteiger partial charge in [0.1, 0.15) is 11.6 Å². The van der Waals surface area contributed by atoms with Crippen LogP contribution in [0.25, 0.3) is 16.3 Å². The van der Waals surface area contributed by atoms with E-state index in [1.165, 1.54) is 6.08 Å². The fourth-order valence-corrected chi connectivity index (χ4v) is 3.68. The van der Waals surface area contributed by atoms with E-state index in [2.05, 4.69) is 10.3 Å². The van der Waals surface area contributed by atoms with Gasteiger partial charge in [0.2, 0.25) is 0 Å². The first-order valence-electron chi connectivity index (χ1n) is 7.39. The van der Waals surface area contributed by atoms with E-state index in [0.29, 0.717) is 32.0 Å². The van der Waals surface area contributed by atoms with Crippen LogP contribution in [0.2, 0.25) is 0 Å². The maximum atomic E-state index is 12.5. The summed E-state index contributed by atoms with van der Waals surface area (Å²) < 4.78 is 25.6. The zero-order valence-corrected chi connectivity index (χ0v) is 14.8. The number of carbonyl (C=O) groups excluding carboxylic acids is 1. The van der Waals surface area contributed by atoms with E-state index in [1.807, 2.05) is 12.1 Å². The molecule has 3 aromatic rings. The van der Waals surface area contributed by atoms with Gasteiger partial charge in [-0.25, -0.2) is 4.98 Å². The number of thiazole rings is 1. The highest BCUT2D eigenvalue weighted by molar-refractivity contribution is 7.99. The lowest BCUT2D eigenvalue weighted by atomic mass is 10.1. The molecule has 3 rings (SSSR count). The molecule has 1 aromatic heterocycles. The molecule has 0 atom stereocenters. The van der Waals surface area contributed by atoms with Crippen LogP contribution < -0.4 is 5.32 Å². The largest absolute Gasteiger partial charge is 0.297 e.